The van der Waals surface area contributed by atoms with Gasteiger partial charge in [-0.05, 0) is 217 Å². The summed E-state index contributed by atoms with van der Waals surface area (Å²) in [5.41, 5.74) is 30.5. The van der Waals surface area contributed by atoms with Crippen LogP contribution >= 0.6 is 0 Å². The van der Waals surface area contributed by atoms with E-state index >= 15 is 0 Å². The van der Waals surface area contributed by atoms with Gasteiger partial charge in [-0.1, -0.05) is 217 Å². The Kier molecular flexibility index (Phi) is 13.3. The van der Waals surface area contributed by atoms with E-state index in [1.165, 1.54) is 165 Å². The van der Waals surface area contributed by atoms with Crippen LogP contribution in [0.15, 0.2) is 315 Å². The van der Waals surface area contributed by atoms with Gasteiger partial charge in [-0.2, -0.15) is 0 Å². The number of hydrogen-bond acceptors (Lipinski definition) is 0. The van der Waals surface area contributed by atoms with E-state index in [4.69, 9.17) is 0 Å². The minimum Gasteiger partial charge on any atom is -0.309 e. The van der Waals surface area contributed by atoms with E-state index in [1.54, 1.807) is 0 Å². The average Bonchev–Trinajstić information content (AvgIpc) is 1.62. The molecule has 14 aromatic carbocycles. The molecule has 18 aromatic rings. The second-order valence-corrected chi connectivity index (χ2v) is 27.2. The Morgan fingerprint density at radius 1 is 0.237 bits per heavy atom. The molecule has 0 saturated heterocycles. The molecule has 4 heteroatoms. The Bertz CT molecular complexity index is 5640. The van der Waals surface area contributed by atoms with E-state index in [0.29, 0.717) is 0 Å². The molecule has 0 spiro atoms. The number of aryl methyl sites for hydroxylation is 4. The van der Waals surface area contributed by atoms with Crippen molar-refractivity contribution >= 4 is 87.2 Å². The summed E-state index contributed by atoms with van der Waals surface area (Å²) in [4.78, 5) is 0. The third kappa shape index (κ3) is 9.26. The lowest BCUT2D eigenvalue weighted by molar-refractivity contribution is 0.418. The van der Waals surface area contributed by atoms with Gasteiger partial charge in [0.15, 0.2) is 0 Å². The summed E-state index contributed by atoms with van der Waals surface area (Å²) in [6.45, 7) is 4.55. The van der Waals surface area contributed by atoms with Gasteiger partial charge >= 0.3 is 0 Å². The maximum Gasteiger partial charge on any atom is 0.0541 e. The minimum atomic E-state index is -0.107. The van der Waals surface area contributed by atoms with E-state index in [2.05, 4.69) is 348 Å². The van der Waals surface area contributed by atoms with E-state index in [9.17, 15) is 0 Å². The van der Waals surface area contributed by atoms with Crippen molar-refractivity contribution in [2.24, 2.45) is 0 Å². The van der Waals surface area contributed by atoms with Gasteiger partial charge < -0.3 is 18.3 Å². The number of benzene rings is 14. The zero-order chi connectivity index (χ0) is 64.3. The molecule has 97 heavy (non-hydrogen) atoms. The van der Waals surface area contributed by atoms with Gasteiger partial charge in [0.2, 0.25) is 0 Å². The van der Waals surface area contributed by atoms with Gasteiger partial charge in [-0.25, -0.2) is 0 Å². The molecule has 0 radical (unpaired) electrons. The van der Waals surface area contributed by atoms with Crippen LogP contribution in [-0.4, -0.2) is 18.3 Å². The van der Waals surface area contributed by atoms with E-state index in [1.807, 2.05) is 0 Å². The van der Waals surface area contributed by atoms with Crippen LogP contribution in [0.2, 0.25) is 0 Å². The van der Waals surface area contributed by atoms with Gasteiger partial charge in [0.25, 0.3) is 0 Å². The summed E-state index contributed by atoms with van der Waals surface area (Å²) in [6.07, 6.45) is 6.32. The normalized spacial score (nSPS) is 12.8. The van der Waals surface area contributed by atoms with Crippen molar-refractivity contribution in [3.05, 3.63) is 349 Å². The SMILES string of the molecule is Cc1ccc2c(c1)C(CCCc1ccc3c(c1)c1ccccc1n3-c1ccc(-c3ccc(-n4c5ccccc5c5ccccc54)cc3)cc1)(CCCc1ccc3c(c1)c1ccccc1n3-c1ccc(-c3ccc(-n4c5ccccc5c5ccccc54)cc3)cc1)c1cc(C)ccc1-2. The van der Waals surface area contributed by atoms with E-state index < -0.39 is 0 Å². The monoisotopic (exact) mass is 1240 g/mol. The molecule has 0 unspecified atom stereocenters. The highest BCUT2D eigenvalue weighted by Crippen LogP contribution is 2.55. The molecule has 4 nitrogen and oxygen atoms in total. The molecular formula is C93H70N4. The van der Waals surface area contributed by atoms with E-state index in [-0.39, 0.29) is 5.41 Å². The summed E-state index contributed by atoms with van der Waals surface area (Å²) in [5, 5.41) is 10.3. The van der Waals surface area contributed by atoms with Crippen molar-refractivity contribution in [3.63, 3.8) is 0 Å². The second kappa shape index (κ2) is 22.8. The highest BCUT2D eigenvalue weighted by molar-refractivity contribution is 6.12. The van der Waals surface area contributed by atoms with Crippen LogP contribution < -0.4 is 0 Å². The van der Waals surface area contributed by atoms with Crippen molar-refractivity contribution in [3.8, 4) is 56.1 Å². The Balaban J connectivity index is 0.584. The summed E-state index contributed by atoms with van der Waals surface area (Å²) >= 11 is 0. The summed E-state index contributed by atoms with van der Waals surface area (Å²) in [6, 6.07) is 118. The first kappa shape index (κ1) is 56.8. The number of fused-ring (bicyclic) bond motifs is 15. The fourth-order valence-electron chi connectivity index (χ4n) is 17.1. The average molecular weight is 1240 g/mol. The van der Waals surface area contributed by atoms with Gasteiger partial charge in [-0.3, -0.25) is 0 Å². The summed E-state index contributed by atoms with van der Waals surface area (Å²) in [7, 11) is 0. The van der Waals surface area contributed by atoms with Crippen molar-refractivity contribution in [2.45, 2.75) is 57.8 Å². The molecule has 0 N–H and O–H groups in total. The fraction of sp³-hybridized carbons (Fsp3) is 0.0968. The lowest BCUT2D eigenvalue weighted by Crippen LogP contribution is -2.26. The standard InChI is InChI=1S/C93H70N4/c1-61-31-51-73-74-52-32-62(2)58-84(74)93(83(73)57-61,55-15-17-63-33-53-91-81(59-63)79-23-7-13-29-89(79)96(91)71-47-39-67(40-48-71)65-35-43-69(44-36-65)94-85-25-9-3-19-75(85)76-20-4-10-26-86(76)94)56-16-18-64-34-54-92-82(60-64)80-24-8-14-30-90(80)97(92)72-49-41-68(42-50-72)66-37-45-70(46-38-66)95-87-27-11-5-21-77(87)78-22-6-12-28-88(78)95/h3-14,19-54,57-60H,15-18,55-56H2,1-2H3. The first-order valence-electron chi connectivity index (χ1n) is 34.5. The number of aromatic nitrogens is 4. The molecule has 1 aliphatic carbocycles. The van der Waals surface area contributed by atoms with Crippen molar-refractivity contribution in [1.29, 1.82) is 0 Å². The Morgan fingerprint density at radius 2 is 0.495 bits per heavy atom. The van der Waals surface area contributed by atoms with Crippen molar-refractivity contribution < 1.29 is 0 Å². The molecule has 4 heterocycles. The Hall–Kier alpha value is -11.7. The van der Waals surface area contributed by atoms with Crippen molar-refractivity contribution in [1.82, 2.24) is 18.3 Å². The second-order valence-electron chi connectivity index (χ2n) is 27.2. The van der Waals surface area contributed by atoms with Gasteiger partial charge in [0.05, 0.1) is 44.1 Å². The molecule has 1 aliphatic rings. The first-order valence-corrected chi connectivity index (χ1v) is 34.5. The maximum absolute atomic E-state index is 2.53. The minimum absolute atomic E-state index is 0.107. The molecule has 0 aliphatic heterocycles. The molecule has 462 valence electrons. The smallest absolute Gasteiger partial charge is 0.0541 e. The van der Waals surface area contributed by atoms with E-state index in [0.717, 1.165) is 49.9 Å². The van der Waals surface area contributed by atoms with Crippen LogP contribution in [0.3, 0.4) is 0 Å². The predicted molar refractivity (Wildman–Crippen MR) is 409 cm³/mol. The predicted octanol–water partition coefficient (Wildman–Crippen LogP) is 24.3. The van der Waals surface area contributed by atoms with Crippen molar-refractivity contribution in [2.75, 3.05) is 0 Å². The molecule has 0 saturated carbocycles. The quantitative estimate of drug-likeness (QED) is 0.103. The third-order valence-corrected chi connectivity index (χ3v) is 21.6. The molecule has 19 rings (SSSR count). The lowest BCUT2D eigenvalue weighted by Gasteiger charge is -2.33. The number of hydrogen-bond donors (Lipinski definition) is 0. The zero-order valence-electron chi connectivity index (χ0n) is 54.6. The van der Waals surface area contributed by atoms with Crippen LogP contribution in [0.1, 0.15) is 59.1 Å². The van der Waals surface area contributed by atoms with Crippen LogP contribution in [-0.2, 0) is 18.3 Å². The number of nitrogens with zero attached hydrogens (tertiary/aromatic N) is 4. The molecule has 0 amide bonds. The molecule has 0 bridgehead atoms. The topological polar surface area (TPSA) is 19.7 Å². The number of rotatable bonds is 14. The van der Waals surface area contributed by atoms with Gasteiger partial charge in [0.1, 0.15) is 0 Å². The molecule has 4 aromatic heterocycles. The highest BCUT2D eigenvalue weighted by atomic mass is 15.0. The zero-order valence-corrected chi connectivity index (χ0v) is 54.6. The largest absolute Gasteiger partial charge is 0.309 e. The Labute approximate surface area is 564 Å². The highest BCUT2D eigenvalue weighted by Gasteiger charge is 2.42. The molecule has 0 atom stereocenters. The molecular weight excluding hydrogens is 1170 g/mol. The lowest BCUT2D eigenvalue weighted by atomic mass is 9.70. The summed E-state index contributed by atoms with van der Waals surface area (Å²) in [5.74, 6) is 0. The maximum atomic E-state index is 2.53. The third-order valence-electron chi connectivity index (χ3n) is 21.6. The van der Waals surface area contributed by atoms with Crippen LogP contribution in [0, 0.1) is 13.8 Å². The molecule has 0 fully saturated rings. The summed E-state index contributed by atoms with van der Waals surface area (Å²) < 4.78 is 9.68. The fourth-order valence-corrected chi connectivity index (χ4v) is 17.1. The van der Waals surface area contributed by atoms with Crippen LogP contribution in [0.5, 0.6) is 0 Å². The first-order chi connectivity index (χ1) is 47.9. The van der Waals surface area contributed by atoms with Crippen LogP contribution in [0.25, 0.3) is 143 Å². The number of para-hydroxylation sites is 6. The van der Waals surface area contributed by atoms with Crippen LogP contribution in [0.4, 0.5) is 0 Å². The van der Waals surface area contributed by atoms with Gasteiger partial charge in [0, 0.05) is 71.3 Å². The van der Waals surface area contributed by atoms with Gasteiger partial charge in [-0.15, -0.1) is 0 Å². The Morgan fingerprint density at radius 3 is 0.784 bits per heavy atom.